The number of ketones is 1. The quantitative estimate of drug-likeness (QED) is 0.839. The summed E-state index contributed by atoms with van der Waals surface area (Å²) in [6.45, 7) is 8.76. The predicted molar refractivity (Wildman–Crippen MR) is 81.9 cm³/mol. The molecule has 0 amide bonds. The van der Waals surface area contributed by atoms with Crippen LogP contribution in [0.15, 0.2) is 18.2 Å². The number of rotatable bonds is 5. The molecule has 0 aliphatic carbocycles. The fourth-order valence-electron chi connectivity index (χ4n) is 2.56. The predicted octanol–water partition coefficient (Wildman–Crippen LogP) is 2.48. The second-order valence-corrected chi connectivity index (χ2v) is 5.84. The van der Waals surface area contributed by atoms with Crippen LogP contribution in [0.25, 0.3) is 0 Å². The first-order valence-electron chi connectivity index (χ1n) is 7.22. The van der Waals surface area contributed by atoms with E-state index in [-0.39, 0.29) is 11.4 Å². The smallest absolute Gasteiger partial charge is 0.164 e. The van der Waals surface area contributed by atoms with Gasteiger partial charge < -0.3 is 15.0 Å². The molecule has 1 aromatic rings. The van der Waals surface area contributed by atoms with Gasteiger partial charge in [-0.25, -0.2) is 0 Å². The maximum Gasteiger partial charge on any atom is 0.164 e. The van der Waals surface area contributed by atoms with Crippen molar-refractivity contribution >= 4 is 11.5 Å². The van der Waals surface area contributed by atoms with Gasteiger partial charge in [-0.15, -0.1) is 0 Å². The minimum Gasteiger partial charge on any atom is -0.484 e. The molecule has 1 N–H and O–H groups in total. The highest BCUT2D eigenvalue weighted by molar-refractivity contribution is 5.97. The van der Waals surface area contributed by atoms with Gasteiger partial charge in [0.25, 0.3) is 0 Å². The van der Waals surface area contributed by atoms with Crippen LogP contribution in [0.4, 0.5) is 5.69 Å². The fourth-order valence-corrected chi connectivity index (χ4v) is 2.56. The maximum absolute atomic E-state index is 12.1. The zero-order valence-electron chi connectivity index (χ0n) is 12.8. The third-order valence-corrected chi connectivity index (χ3v) is 3.56. The van der Waals surface area contributed by atoms with Gasteiger partial charge in [-0.2, -0.15) is 0 Å². The third-order valence-electron chi connectivity index (χ3n) is 3.56. The second kappa shape index (κ2) is 5.83. The summed E-state index contributed by atoms with van der Waals surface area (Å²) < 4.78 is 6.00. The van der Waals surface area contributed by atoms with E-state index in [0.29, 0.717) is 13.0 Å². The lowest BCUT2D eigenvalue weighted by atomic mass is 10.0. The van der Waals surface area contributed by atoms with E-state index in [9.17, 15) is 4.79 Å². The van der Waals surface area contributed by atoms with E-state index in [2.05, 4.69) is 31.0 Å². The van der Waals surface area contributed by atoms with Crippen LogP contribution in [-0.4, -0.2) is 38.1 Å². The Hall–Kier alpha value is -1.55. The van der Waals surface area contributed by atoms with Gasteiger partial charge in [0.1, 0.15) is 11.4 Å². The molecular formula is C16H24N2O2. The van der Waals surface area contributed by atoms with E-state index in [1.807, 2.05) is 25.2 Å². The summed E-state index contributed by atoms with van der Waals surface area (Å²) in [4.78, 5) is 14.4. The highest BCUT2D eigenvalue weighted by Crippen LogP contribution is 2.37. The topological polar surface area (TPSA) is 41.6 Å². The number of Topliss-reactive ketones (excluding diaryl/α,β-unsaturated/α-hetero) is 1. The number of hydrogen-bond donors (Lipinski definition) is 1. The molecule has 1 heterocycles. The average Bonchev–Trinajstić information content (AvgIpc) is 2.42. The molecule has 0 fully saturated rings. The number of nitrogens with zero attached hydrogens (tertiary/aromatic N) is 1. The number of ether oxygens (including phenoxy) is 1. The van der Waals surface area contributed by atoms with Crippen LogP contribution in [0.2, 0.25) is 0 Å². The Kier molecular flexibility index (Phi) is 4.33. The van der Waals surface area contributed by atoms with Crippen molar-refractivity contribution in [2.24, 2.45) is 0 Å². The van der Waals surface area contributed by atoms with Crippen molar-refractivity contribution in [3.05, 3.63) is 23.8 Å². The highest BCUT2D eigenvalue weighted by Gasteiger charge is 2.31. The Bertz CT molecular complexity index is 497. The Morgan fingerprint density at radius 1 is 1.45 bits per heavy atom. The van der Waals surface area contributed by atoms with Gasteiger partial charge in [-0.1, -0.05) is 0 Å². The molecule has 4 nitrogen and oxygen atoms in total. The first-order valence-corrected chi connectivity index (χ1v) is 7.22. The minimum atomic E-state index is -0.194. The summed E-state index contributed by atoms with van der Waals surface area (Å²) >= 11 is 0. The summed E-state index contributed by atoms with van der Waals surface area (Å²) in [7, 11) is 1.86. The largest absolute Gasteiger partial charge is 0.484 e. The lowest BCUT2D eigenvalue weighted by Crippen LogP contribution is -2.46. The van der Waals surface area contributed by atoms with Gasteiger partial charge in [-0.05, 0) is 46.0 Å². The molecule has 0 unspecified atom stereocenters. The van der Waals surface area contributed by atoms with E-state index in [4.69, 9.17) is 4.74 Å². The number of benzene rings is 1. The highest BCUT2D eigenvalue weighted by atomic mass is 16.5. The molecule has 20 heavy (non-hydrogen) atoms. The van der Waals surface area contributed by atoms with Gasteiger partial charge >= 0.3 is 0 Å². The van der Waals surface area contributed by atoms with E-state index >= 15 is 0 Å². The molecule has 0 saturated heterocycles. The van der Waals surface area contributed by atoms with Crippen molar-refractivity contribution in [1.29, 1.82) is 0 Å². The summed E-state index contributed by atoms with van der Waals surface area (Å²) in [6, 6.07) is 5.75. The van der Waals surface area contributed by atoms with E-state index in [0.717, 1.165) is 30.1 Å². The van der Waals surface area contributed by atoms with Crippen LogP contribution in [-0.2, 0) is 0 Å². The zero-order chi connectivity index (χ0) is 14.8. The molecule has 0 spiro atoms. The van der Waals surface area contributed by atoms with E-state index in [1.54, 1.807) is 0 Å². The lowest BCUT2D eigenvalue weighted by molar-refractivity contribution is 0.0981. The molecule has 1 aromatic carbocycles. The van der Waals surface area contributed by atoms with Crippen LogP contribution in [0.5, 0.6) is 5.75 Å². The fraction of sp³-hybridized carbons (Fsp3) is 0.562. The summed E-state index contributed by atoms with van der Waals surface area (Å²) in [6.07, 6.45) is 0.522. The van der Waals surface area contributed by atoms with Gasteiger partial charge in [0.2, 0.25) is 0 Å². The number of fused-ring (bicyclic) bond motifs is 1. The van der Waals surface area contributed by atoms with E-state index < -0.39 is 0 Å². The molecule has 1 aliphatic rings. The minimum absolute atomic E-state index is 0.169. The van der Waals surface area contributed by atoms with Crippen molar-refractivity contribution in [2.75, 3.05) is 31.6 Å². The van der Waals surface area contributed by atoms with Crippen molar-refractivity contribution in [3.8, 4) is 5.75 Å². The van der Waals surface area contributed by atoms with Gasteiger partial charge in [-0.3, -0.25) is 4.79 Å². The molecule has 0 atom stereocenters. The molecule has 0 aromatic heterocycles. The zero-order valence-corrected chi connectivity index (χ0v) is 12.8. The van der Waals surface area contributed by atoms with Crippen LogP contribution in [0, 0.1) is 0 Å². The van der Waals surface area contributed by atoms with Crippen LogP contribution < -0.4 is 15.0 Å². The number of anilines is 1. The van der Waals surface area contributed by atoms with Crippen LogP contribution in [0.1, 0.15) is 37.6 Å². The average molecular weight is 276 g/mol. The molecule has 0 radical (unpaired) electrons. The number of carbonyl (C=O) groups excluding carboxylic acids is 1. The molecule has 2 rings (SSSR count). The third kappa shape index (κ3) is 3.12. The van der Waals surface area contributed by atoms with Crippen LogP contribution >= 0.6 is 0 Å². The van der Waals surface area contributed by atoms with Crippen molar-refractivity contribution in [3.63, 3.8) is 0 Å². The maximum atomic E-state index is 12.1. The second-order valence-electron chi connectivity index (χ2n) is 5.84. The molecule has 0 bridgehead atoms. The van der Waals surface area contributed by atoms with E-state index in [1.165, 1.54) is 0 Å². The standard InChI is InChI=1S/C16H24N2O2/c1-5-18-11-16(2,3)20-15-7-6-12(10-13(15)18)14(19)8-9-17-4/h6-7,10,17H,5,8-9,11H2,1-4H3. The lowest BCUT2D eigenvalue weighted by Gasteiger charge is -2.40. The first kappa shape index (κ1) is 14.9. The summed E-state index contributed by atoms with van der Waals surface area (Å²) in [5.74, 6) is 1.04. The van der Waals surface area contributed by atoms with Gasteiger partial charge in [0.05, 0.1) is 12.2 Å². The SMILES string of the molecule is CCN1CC(C)(C)Oc2ccc(C(=O)CCNC)cc21. The number of nitrogens with one attached hydrogen (secondary N) is 1. The van der Waals surface area contributed by atoms with Crippen LogP contribution in [0.3, 0.4) is 0 Å². The number of likely N-dealkylation sites (N-methyl/N-ethyl adjacent to an activating group) is 1. The van der Waals surface area contributed by atoms with Crippen molar-refractivity contribution in [1.82, 2.24) is 5.32 Å². The van der Waals surface area contributed by atoms with Crippen molar-refractivity contribution < 1.29 is 9.53 Å². The van der Waals surface area contributed by atoms with Gasteiger partial charge in [0.15, 0.2) is 5.78 Å². The van der Waals surface area contributed by atoms with Gasteiger partial charge in [0, 0.05) is 25.1 Å². The Labute approximate surface area is 121 Å². The monoisotopic (exact) mass is 276 g/mol. The molecule has 0 saturated carbocycles. The first-order chi connectivity index (χ1) is 9.46. The molecule has 4 heteroatoms. The number of carbonyl (C=O) groups is 1. The number of hydrogen-bond acceptors (Lipinski definition) is 4. The summed E-state index contributed by atoms with van der Waals surface area (Å²) in [5, 5.41) is 3.01. The Morgan fingerprint density at radius 3 is 2.85 bits per heavy atom. The molecular weight excluding hydrogens is 252 g/mol. The van der Waals surface area contributed by atoms with Crippen molar-refractivity contribution in [2.45, 2.75) is 32.8 Å². The Morgan fingerprint density at radius 2 is 2.20 bits per heavy atom. The molecule has 1 aliphatic heterocycles. The normalized spacial score (nSPS) is 16.5. The summed E-state index contributed by atoms with van der Waals surface area (Å²) in [5.41, 5.74) is 1.60. The molecule has 110 valence electrons. The Balaban J connectivity index is 2.28.